The summed E-state index contributed by atoms with van der Waals surface area (Å²) in [5, 5.41) is 11.2. The van der Waals surface area contributed by atoms with Gasteiger partial charge in [-0.05, 0) is 39.7 Å². The molecule has 0 aliphatic carbocycles. The average Bonchev–Trinajstić information content (AvgIpc) is 2.46. The van der Waals surface area contributed by atoms with Gasteiger partial charge in [-0.2, -0.15) is 0 Å². The van der Waals surface area contributed by atoms with Crippen LogP contribution in [0.2, 0.25) is 0 Å². The van der Waals surface area contributed by atoms with Gasteiger partial charge in [0.1, 0.15) is 6.61 Å². The van der Waals surface area contributed by atoms with E-state index in [1.54, 1.807) is 12.1 Å². The molecule has 4 nitrogen and oxygen atoms in total. The van der Waals surface area contributed by atoms with Crippen LogP contribution < -0.4 is 4.74 Å². The summed E-state index contributed by atoms with van der Waals surface area (Å²) in [5.41, 5.74) is 1.10. The summed E-state index contributed by atoms with van der Waals surface area (Å²) in [7, 11) is 0. The Morgan fingerprint density at radius 3 is 2.55 bits per heavy atom. The second-order valence-electron chi connectivity index (χ2n) is 4.01. The van der Waals surface area contributed by atoms with Crippen molar-refractivity contribution in [1.29, 1.82) is 0 Å². The molecule has 20 heavy (non-hydrogen) atoms. The molecule has 0 bridgehead atoms. The van der Waals surface area contributed by atoms with Crippen LogP contribution >= 0.6 is 15.9 Å². The maximum Gasteiger partial charge on any atom is 0.319 e. The van der Waals surface area contributed by atoms with Gasteiger partial charge < -0.3 is 4.74 Å². The first-order chi connectivity index (χ1) is 9.63. The normalized spacial score (nSPS) is 10.1. The van der Waals surface area contributed by atoms with E-state index < -0.39 is 4.92 Å². The number of benzene rings is 2. The number of ether oxygens (including phenoxy) is 1. The van der Waals surface area contributed by atoms with E-state index in [2.05, 4.69) is 15.9 Å². The van der Waals surface area contributed by atoms with E-state index in [4.69, 9.17) is 11.3 Å². The van der Waals surface area contributed by atoms with Crippen LogP contribution in [0, 0.1) is 16.7 Å². The van der Waals surface area contributed by atoms with E-state index in [1.165, 1.54) is 6.08 Å². The lowest BCUT2D eigenvalue weighted by atomic mass is 10.1. The highest BCUT2D eigenvalue weighted by Gasteiger charge is 2.21. The maximum absolute atomic E-state index is 11.2. The summed E-state index contributed by atoms with van der Waals surface area (Å²) in [6, 6.07) is 12.7. The minimum absolute atomic E-state index is 0.141. The lowest BCUT2D eigenvalue weighted by Crippen LogP contribution is -2.01. The Morgan fingerprint density at radius 1 is 1.25 bits per heavy atom. The van der Waals surface area contributed by atoms with Crippen molar-refractivity contribution in [2.75, 3.05) is 0 Å². The number of hydrogen-bond donors (Lipinski definition) is 0. The molecule has 0 saturated carbocycles. The van der Waals surface area contributed by atoms with Gasteiger partial charge in [-0.3, -0.25) is 10.1 Å². The highest BCUT2D eigenvalue weighted by Crippen LogP contribution is 2.36. The molecular weight excluding hydrogens is 322 g/mol. The molecule has 0 fully saturated rings. The fraction of sp³-hybridized carbons (Fsp3) is 0.0667. The molecule has 2 aromatic carbocycles. The van der Waals surface area contributed by atoms with Gasteiger partial charge in [0.2, 0.25) is 0 Å². The average molecular weight is 333 g/mol. The van der Waals surface area contributed by atoms with Crippen molar-refractivity contribution < 1.29 is 9.66 Å². The molecule has 0 aromatic heterocycles. The van der Waals surface area contributed by atoms with Gasteiger partial charge in [-0.15, -0.1) is 0 Å². The standard InChI is InChI=1S/C15H11BrNO3/c1-2-12-13(16)8-9-14(15(12)17(18)19)20-10-11-6-4-3-5-7-11/h1-9H,10H2. The molecule has 101 valence electrons. The first kappa shape index (κ1) is 14.3. The molecule has 0 saturated heterocycles. The third-order valence-electron chi connectivity index (χ3n) is 2.71. The first-order valence-electron chi connectivity index (χ1n) is 5.82. The summed E-state index contributed by atoms with van der Waals surface area (Å²) >= 11 is 3.23. The van der Waals surface area contributed by atoms with Crippen LogP contribution in [0.4, 0.5) is 5.69 Å². The summed E-state index contributed by atoms with van der Waals surface area (Å²) in [5.74, 6) is 0.193. The fourth-order valence-corrected chi connectivity index (χ4v) is 2.21. The number of nitrogens with zero attached hydrogens (tertiary/aromatic N) is 1. The SMILES string of the molecule is [CH]=Cc1c(Br)ccc(OCc2ccccc2)c1[N+](=O)[O-]. The van der Waals surface area contributed by atoms with Crippen LogP contribution in [0.3, 0.4) is 0 Å². The Bertz CT molecular complexity index is 641. The molecule has 2 rings (SSSR count). The molecule has 5 heteroatoms. The van der Waals surface area contributed by atoms with E-state index in [-0.39, 0.29) is 18.0 Å². The minimum Gasteiger partial charge on any atom is -0.482 e. The number of nitro groups is 1. The third kappa shape index (κ3) is 3.05. The molecule has 0 unspecified atom stereocenters. The Labute approximate surface area is 125 Å². The molecule has 0 amide bonds. The predicted molar refractivity (Wildman–Crippen MR) is 80.3 cm³/mol. The van der Waals surface area contributed by atoms with E-state index in [0.29, 0.717) is 10.0 Å². The Balaban J connectivity index is 2.32. The number of halogens is 1. The number of rotatable bonds is 5. The summed E-state index contributed by atoms with van der Waals surface area (Å²) in [6.45, 7) is 5.71. The van der Waals surface area contributed by atoms with Gasteiger partial charge in [0.15, 0.2) is 5.75 Å². The molecule has 0 spiro atoms. The van der Waals surface area contributed by atoms with E-state index in [9.17, 15) is 10.1 Å². The zero-order chi connectivity index (χ0) is 14.5. The van der Waals surface area contributed by atoms with Crippen LogP contribution in [0.5, 0.6) is 5.75 Å². The second kappa shape index (κ2) is 6.34. The smallest absolute Gasteiger partial charge is 0.319 e. The van der Waals surface area contributed by atoms with Crippen molar-refractivity contribution in [3.63, 3.8) is 0 Å². The van der Waals surface area contributed by atoms with Gasteiger partial charge >= 0.3 is 5.69 Å². The van der Waals surface area contributed by atoms with Crippen molar-refractivity contribution >= 4 is 27.7 Å². The van der Waals surface area contributed by atoms with Crippen LogP contribution in [-0.4, -0.2) is 4.92 Å². The highest BCUT2D eigenvalue weighted by molar-refractivity contribution is 9.10. The largest absolute Gasteiger partial charge is 0.482 e. The Kier molecular flexibility index (Phi) is 4.53. The zero-order valence-electron chi connectivity index (χ0n) is 10.5. The van der Waals surface area contributed by atoms with Crippen molar-refractivity contribution in [2.45, 2.75) is 6.61 Å². The predicted octanol–water partition coefficient (Wildman–Crippen LogP) is 4.38. The monoisotopic (exact) mass is 332 g/mol. The Hall–Kier alpha value is -2.14. The zero-order valence-corrected chi connectivity index (χ0v) is 12.0. The van der Waals surface area contributed by atoms with Crippen LogP contribution in [-0.2, 0) is 6.61 Å². The van der Waals surface area contributed by atoms with Crippen LogP contribution in [0.25, 0.3) is 6.08 Å². The van der Waals surface area contributed by atoms with Gasteiger partial charge in [0.25, 0.3) is 0 Å². The lowest BCUT2D eigenvalue weighted by molar-refractivity contribution is -0.386. The topological polar surface area (TPSA) is 52.4 Å². The quantitative estimate of drug-likeness (QED) is 0.603. The Morgan fingerprint density at radius 2 is 1.95 bits per heavy atom. The van der Waals surface area contributed by atoms with Crippen molar-refractivity contribution in [3.8, 4) is 5.75 Å². The molecule has 1 radical (unpaired) electrons. The van der Waals surface area contributed by atoms with Crippen molar-refractivity contribution in [3.05, 3.63) is 74.8 Å². The molecule has 0 aliphatic rings. The van der Waals surface area contributed by atoms with Gasteiger partial charge in [-0.1, -0.05) is 36.9 Å². The highest BCUT2D eigenvalue weighted by atomic mass is 79.9. The van der Waals surface area contributed by atoms with Gasteiger partial charge in [0.05, 0.1) is 10.5 Å². The fourth-order valence-electron chi connectivity index (χ4n) is 1.76. The first-order valence-corrected chi connectivity index (χ1v) is 6.61. The molecule has 0 N–H and O–H groups in total. The lowest BCUT2D eigenvalue weighted by Gasteiger charge is -2.09. The van der Waals surface area contributed by atoms with Crippen LogP contribution in [0.15, 0.2) is 46.9 Å². The summed E-state index contributed by atoms with van der Waals surface area (Å²) < 4.78 is 6.10. The van der Waals surface area contributed by atoms with Gasteiger partial charge in [0, 0.05) is 4.47 Å². The maximum atomic E-state index is 11.2. The van der Waals surface area contributed by atoms with Gasteiger partial charge in [-0.25, -0.2) is 0 Å². The number of nitro benzene ring substituents is 1. The van der Waals surface area contributed by atoms with Crippen molar-refractivity contribution in [2.24, 2.45) is 0 Å². The molecule has 0 aliphatic heterocycles. The van der Waals surface area contributed by atoms with Crippen molar-refractivity contribution in [1.82, 2.24) is 0 Å². The number of hydrogen-bond acceptors (Lipinski definition) is 3. The van der Waals surface area contributed by atoms with E-state index in [0.717, 1.165) is 5.56 Å². The molecular formula is C15H11BrNO3. The third-order valence-corrected chi connectivity index (χ3v) is 3.40. The van der Waals surface area contributed by atoms with E-state index in [1.807, 2.05) is 30.3 Å². The summed E-state index contributed by atoms with van der Waals surface area (Å²) in [6.07, 6.45) is 1.19. The molecule has 0 atom stereocenters. The van der Waals surface area contributed by atoms with E-state index >= 15 is 0 Å². The minimum atomic E-state index is -0.496. The molecule has 0 heterocycles. The summed E-state index contributed by atoms with van der Waals surface area (Å²) in [4.78, 5) is 10.7. The second-order valence-corrected chi connectivity index (χ2v) is 4.86. The van der Waals surface area contributed by atoms with Crippen LogP contribution in [0.1, 0.15) is 11.1 Å². The molecule has 2 aromatic rings.